The topological polar surface area (TPSA) is 52.6 Å². The molecule has 4 nitrogen and oxygen atoms in total. The second-order valence-corrected chi connectivity index (χ2v) is 8.45. The van der Waals surface area contributed by atoms with Gasteiger partial charge in [0.1, 0.15) is 0 Å². The van der Waals surface area contributed by atoms with Crippen molar-refractivity contribution in [2.45, 2.75) is 60.3 Å². The molecule has 172 valence electrons. The molecule has 0 amide bonds. The van der Waals surface area contributed by atoms with Crippen molar-refractivity contribution in [3.05, 3.63) is 69.9 Å². The van der Waals surface area contributed by atoms with Crippen LogP contribution in [0.1, 0.15) is 81.0 Å². The van der Waals surface area contributed by atoms with Gasteiger partial charge in [0.25, 0.3) is 0 Å². The van der Waals surface area contributed by atoms with Crippen LogP contribution in [0.4, 0.5) is 0 Å². The highest BCUT2D eigenvalue weighted by molar-refractivity contribution is 6.27. The molecule has 0 radical (unpaired) electrons. The average molecular weight is 437 g/mol. The van der Waals surface area contributed by atoms with E-state index in [1.807, 2.05) is 13.8 Å². The van der Waals surface area contributed by atoms with E-state index >= 15 is 0 Å². The zero-order chi connectivity index (χ0) is 23.8. The molecular formula is C28H36O4. The van der Waals surface area contributed by atoms with E-state index in [2.05, 4.69) is 38.2 Å². The van der Waals surface area contributed by atoms with Gasteiger partial charge < -0.3 is 9.47 Å². The fraction of sp³-hybridized carbons (Fsp3) is 0.429. The van der Waals surface area contributed by atoms with Gasteiger partial charge in [-0.15, -0.1) is 0 Å². The van der Waals surface area contributed by atoms with Gasteiger partial charge in [0, 0.05) is 28.2 Å². The van der Waals surface area contributed by atoms with Crippen LogP contribution in [-0.4, -0.2) is 25.8 Å². The molecule has 1 aromatic rings. The molecule has 0 heterocycles. The van der Waals surface area contributed by atoms with E-state index in [1.165, 1.54) is 25.4 Å². The highest BCUT2D eigenvalue weighted by Crippen LogP contribution is 2.38. The second-order valence-electron chi connectivity index (χ2n) is 8.45. The smallest absolute Gasteiger partial charge is 0.190 e. The maximum absolute atomic E-state index is 13.3. The molecule has 2 rings (SSSR count). The number of hydrogen-bond donors (Lipinski definition) is 0. The number of fused-ring (bicyclic) bond motifs is 1. The second kappa shape index (κ2) is 11.7. The van der Waals surface area contributed by atoms with Crippen molar-refractivity contribution in [3.8, 4) is 11.5 Å². The Morgan fingerprint density at radius 3 is 2.06 bits per heavy atom. The standard InChI is InChI=1S/C28H36O4/c1-8-9-10-12-18(2)13-11-14-19(3)15-20(4)26-21(5)27(29)22-16-24(31-6)25(32-7)17-23(22)28(26)30/h8-9,13,15-17,20H,10-12,14H2,1-7H3. The van der Waals surface area contributed by atoms with Crippen molar-refractivity contribution in [2.75, 3.05) is 14.2 Å². The predicted molar refractivity (Wildman–Crippen MR) is 131 cm³/mol. The highest BCUT2D eigenvalue weighted by Gasteiger charge is 2.33. The Morgan fingerprint density at radius 1 is 0.938 bits per heavy atom. The monoisotopic (exact) mass is 436 g/mol. The van der Waals surface area contributed by atoms with Crippen molar-refractivity contribution in [1.82, 2.24) is 0 Å². The molecule has 0 spiro atoms. The van der Waals surface area contributed by atoms with Crippen LogP contribution >= 0.6 is 0 Å². The van der Waals surface area contributed by atoms with Crippen molar-refractivity contribution in [3.63, 3.8) is 0 Å². The van der Waals surface area contributed by atoms with Gasteiger partial charge >= 0.3 is 0 Å². The normalized spacial score (nSPS) is 16.0. The third-order valence-electron chi connectivity index (χ3n) is 5.96. The van der Waals surface area contributed by atoms with Gasteiger partial charge in [-0.05, 0) is 65.5 Å². The van der Waals surface area contributed by atoms with Crippen molar-refractivity contribution in [1.29, 1.82) is 0 Å². The van der Waals surface area contributed by atoms with E-state index in [0.717, 1.165) is 25.7 Å². The van der Waals surface area contributed by atoms with Crippen molar-refractivity contribution >= 4 is 11.6 Å². The lowest BCUT2D eigenvalue weighted by atomic mass is 9.79. The summed E-state index contributed by atoms with van der Waals surface area (Å²) >= 11 is 0. The zero-order valence-corrected chi connectivity index (χ0v) is 20.5. The lowest BCUT2D eigenvalue weighted by Crippen LogP contribution is -2.24. The first-order chi connectivity index (χ1) is 15.2. The van der Waals surface area contributed by atoms with Crippen LogP contribution in [0.3, 0.4) is 0 Å². The van der Waals surface area contributed by atoms with Crippen LogP contribution in [0.15, 0.2) is 58.7 Å². The third kappa shape index (κ3) is 5.87. The van der Waals surface area contributed by atoms with Crippen LogP contribution in [-0.2, 0) is 0 Å². The molecule has 32 heavy (non-hydrogen) atoms. The van der Waals surface area contributed by atoms with E-state index in [0.29, 0.717) is 33.8 Å². The Balaban J connectivity index is 2.20. The summed E-state index contributed by atoms with van der Waals surface area (Å²) in [5.74, 6) is 0.499. The maximum Gasteiger partial charge on any atom is 0.190 e. The van der Waals surface area contributed by atoms with Crippen LogP contribution in [0.2, 0.25) is 0 Å². The number of allylic oxidation sites excluding steroid dienone is 8. The summed E-state index contributed by atoms with van der Waals surface area (Å²) in [6, 6.07) is 3.22. The lowest BCUT2D eigenvalue weighted by molar-refractivity contribution is 0.0968. The summed E-state index contributed by atoms with van der Waals surface area (Å²) in [6.45, 7) is 10.0. The molecule has 1 aliphatic carbocycles. The van der Waals surface area contributed by atoms with E-state index in [9.17, 15) is 9.59 Å². The molecule has 0 saturated carbocycles. The number of carbonyl (C=O) groups is 2. The minimum absolute atomic E-state index is 0.116. The SMILES string of the molecule is CC=CCCC(C)=CCCC(C)=CC(C)C1=C(C)C(=O)c2cc(OC)c(OC)cc2C1=O. The molecule has 1 aliphatic rings. The number of methoxy groups -OCH3 is 2. The number of hydrogen-bond acceptors (Lipinski definition) is 4. The first kappa shape index (κ1) is 25.4. The molecule has 0 fully saturated rings. The quantitative estimate of drug-likeness (QED) is 0.368. The highest BCUT2D eigenvalue weighted by atomic mass is 16.5. The average Bonchev–Trinajstić information content (AvgIpc) is 2.76. The van der Waals surface area contributed by atoms with Gasteiger partial charge in [-0.3, -0.25) is 9.59 Å². The van der Waals surface area contributed by atoms with Gasteiger partial charge in [0.2, 0.25) is 0 Å². The van der Waals surface area contributed by atoms with Gasteiger partial charge in [-0.25, -0.2) is 0 Å². The number of ketones is 2. The van der Waals surface area contributed by atoms with Crippen LogP contribution in [0.25, 0.3) is 0 Å². The molecule has 1 aromatic carbocycles. The minimum Gasteiger partial charge on any atom is -0.493 e. The lowest BCUT2D eigenvalue weighted by Gasteiger charge is -2.23. The number of Topliss-reactive ketones (excluding diaryl/α,β-unsaturated/α-hetero) is 2. The molecule has 1 unspecified atom stereocenters. The summed E-state index contributed by atoms with van der Waals surface area (Å²) < 4.78 is 10.6. The van der Waals surface area contributed by atoms with E-state index in [-0.39, 0.29) is 17.5 Å². The Morgan fingerprint density at radius 2 is 1.50 bits per heavy atom. The molecule has 0 saturated heterocycles. The van der Waals surface area contributed by atoms with E-state index in [1.54, 1.807) is 19.1 Å². The Labute approximate surface area is 192 Å². The third-order valence-corrected chi connectivity index (χ3v) is 5.96. The number of ether oxygens (including phenoxy) is 2. The summed E-state index contributed by atoms with van der Waals surface area (Å²) in [6.07, 6.45) is 12.7. The fourth-order valence-corrected chi connectivity index (χ4v) is 4.16. The number of rotatable bonds is 10. The van der Waals surface area contributed by atoms with Gasteiger partial charge in [0.15, 0.2) is 23.1 Å². The maximum atomic E-state index is 13.3. The minimum atomic E-state index is -0.146. The Hall–Kier alpha value is -2.88. The fourth-order valence-electron chi connectivity index (χ4n) is 4.16. The summed E-state index contributed by atoms with van der Waals surface area (Å²) in [5.41, 5.74) is 4.44. The molecule has 0 bridgehead atoms. The molecular weight excluding hydrogens is 400 g/mol. The largest absolute Gasteiger partial charge is 0.493 e. The summed E-state index contributed by atoms with van der Waals surface area (Å²) in [5, 5.41) is 0. The van der Waals surface area contributed by atoms with Crippen LogP contribution < -0.4 is 9.47 Å². The van der Waals surface area contributed by atoms with Gasteiger partial charge in [0.05, 0.1) is 14.2 Å². The zero-order valence-electron chi connectivity index (χ0n) is 20.5. The van der Waals surface area contributed by atoms with Gasteiger partial charge in [-0.2, -0.15) is 0 Å². The van der Waals surface area contributed by atoms with Crippen LogP contribution in [0, 0.1) is 5.92 Å². The van der Waals surface area contributed by atoms with Crippen molar-refractivity contribution < 1.29 is 19.1 Å². The summed E-state index contributed by atoms with van der Waals surface area (Å²) in [4.78, 5) is 26.4. The van der Waals surface area contributed by atoms with Crippen molar-refractivity contribution in [2.24, 2.45) is 5.92 Å². The first-order valence-electron chi connectivity index (χ1n) is 11.2. The molecule has 4 heteroatoms. The number of benzene rings is 1. The summed E-state index contributed by atoms with van der Waals surface area (Å²) in [7, 11) is 3.04. The molecule has 1 atom stereocenters. The Kier molecular flexibility index (Phi) is 9.25. The Bertz CT molecular complexity index is 989. The van der Waals surface area contributed by atoms with E-state index in [4.69, 9.17) is 9.47 Å². The number of carbonyl (C=O) groups excluding carboxylic acids is 2. The van der Waals surface area contributed by atoms with Gasteiger partial charge in [-0.1, -0.05) is 42.4 Å². The first-order valence-corrected chi connectivity index (χ1v) is 11.2. The van der Waals surface area contributed by atoms with Crippen LogP contribution in [0.5, 0.6) is 11.5 Å². The predicted octanol–water partition coefficient (Wildman–Crippen LogP) is 7.06. The molecule has 0 aliphatic heterocycles. The molecule has 0 aromatic heterocycles. The molecule has 0 N–H and O–H groups in total. The van der Waals surface area contributed by atoms with E-state index < -0.39 is 0 Å².